The van der Waals surface area contributed by atoms with E-state index in [1.165, 1.54) is 12.1 Å². The molecule has 112 valence electrons. The minimum Gasteiger partial charge on any atom is -0.423 e. The number of halogens is 3. The third kappa shape index (κ3) is 4.62. The first-order chi connectivity index (χ1) is 9.95. The Morgan fingerprint density at radius 1 is 1.33 bits per heavy atom. The van der Waals surface area contributed by atoms with Crippen molar-refractivity contribution < 1.29 is 9.13 Å². The summed E-state index contributed by atoms with van der Waals surface area (Å²) in [5.74, 6) is -0.294. The maximum atomic E-state index is 13.4. The highest BCUT2D eigenvalue weighted by Crippen LogP contribution is 2.32. The SMILES string of the molecule is CC(C)NCc1cnc(Oc2cc(F)c(Cl)cc2Br)nc1. The summed E-state index contributed by atoms with van der Waals surface area (Å²) in [6.07, 6.45) is 3.33. The molecule has 1 heterocycles. The Morgan fingerprint density at radius 2 is 2.00 bits per heavy atom. The summed E-state index contributed by atoms with van der Waals surface area (Å²) < 4.78 is 19.4. The Morgan fingerprint density at radius 3 is 2.62 bits per heavy atom. The van der Waals surface area contributed by atoms with Gasteiger partial charge in [-0.15, -0.1) is 0 Å². The lowest BCUT2D eigenvalue weighted by Crippen LogP contribution is -2.21. The van der Waals surface area contributed by atoms with Crippen molar-refractivity contribution in [3.63, 3.8) is 0 Å². The standard InChI is InChI=1S/C14H14BrClFN3O/c1-8(2)18-5-9-6-19-14(20-7-9)21-13-4-12(17)11(16)3-10(13)15/h3-4,6-8,18H,5H2,1-2H3. The Kier molecular flexibility index (Phi) is 5.50. The van der Waals surface area contributed by atoms with Crippen LogP contribution in [0.15, 0.2) is 29.0 Å². The molecule has 0 atom stereocenters. The van der Waals surface area contributed by atoms with E-state index in [1.54, 1.807) is 12.4 Å². The summed E-state index contributed by atoms with van der Waals surface area (Å²) >= 11 is 8.92. The summed E-state index contributed by atoms with van der Waals surface area (Å²) in [4.78, 5) is 8.19. The van der Waals surface area contributed by atoms with Gasteiger partial charge in [0, 0.05) is 36.6 Å². The summed E-state index contributed by atoms with van der Waals surface area (Å²) in [6.45, 7) is 4.80. The van der Waals surface area contributed by atoms with Crippen molar-refractivity contribution >= 4 is 27.5 Å². The smallest absolute Gasteiger partial charge is 0.321 e. The number of rotatable bonds is 5. The maximum Gasteiger partial charge on any atom is 0.321 e. The zero-order valence-electron chi connectivity index (χ0n) is 11.5. The van der Waals surface area contributed by atoms with Crippen molar-refractivity contribution in [3.05, 3.63) is 45.4 Å². The lowest BCUT2D eigenvalue weighted by atomic mass is 10.3. The molecule has 0 aliphatic heterocycles. The molecule has 0 aliphatic carbocycles. The van der Waals surface area contributed by atoms with Gasteiger partial charge in [-0.05, 0) is 22.0 Å². The van der Waals surface area contributed by atoms with Gasteiger partial charge >= 0.3 is 6.01 Å². The number of nitrogens with zero attached hydrogens (tertiary/aromatic N) is 2. The molecule has 0 amide bonds. The number of hydrogen-bond acceptors (Lipinski definition) is 4. The number of benzene rings is 1. The highest BCUT2D eigenvalue weighted by Gasteiger charge is 2.10. The monoisotopic (exact) mass is 373 g/mol. The average Bonchev–Trinajstić information content (AvgIpc) is 2.44. The van der Waals surface area contributed by atoms with Crippen LogP contribution in [0.5, 0.6) is 11.8 Å². The molecule has 1 aromatic heterocycles. The molecule has 0 saturated carbocycles. The van der Waals surface area contributed by atoms with Crippen molar-refractivity contribution in [2.24, 2.45) is 0 Å². The molecule has 7 heteroatoms. The van der Waals surface area contributed by atoms with Crippen LogP contribution in [0, 0.1) is 5.82 Å². The van der Waals surface area contributed by atoms with Crippen LogP contribution < -0.4 is 10.1 Å². The molecule has 0 radical (unpaired) electrons. The normalized spacial score (nSPS) is 11.0. The molecule has 0 bridgehead atoms. The van der Waals surface area contributed by atoms with Crippen molar-refractivity contribution in [1.82, 2.24) is 15.3 Å². The van der Waals surface area contributed by atoms with E-state index in [-0.39, 0.29) is 16.8 Å². The van der Waals surface area contributed by atoms with Gasteiger partial charge in [0.2, 0.25) is 0 Å². The van der Waals surface area contributed by atoms with Gasteiger partial charge in [0.1, 0.15) is 11.6 Å². The zero-order valence-corrected chi connectivity index (χ0v) is 13.9. The Bertz CT molecular complexity index is 622. The van der Waals surface area contributed by atoms with E-state index < -0.39 is 5.82 Å². The lowest BCUT2D eigenvalue weighted by Gasteiger charge is -2.09. The molecule has 21 heavy (non-hydrogen) atoms. The maximum absolute atomic E-state index is 13.4. The topological polar surface area (TPSA) is 47.0 Å². The van der Waals surface area contributed by atoms with E-state index in [9.17, 15) is 4.39 Å². The molecule has 2 aromatic rings. The van der Waals surface area contributed by atoms with Gasteiger partial charge in [0.05, 0.1) is 9.50 Å². The Balaban J connectivity index is 2.08. The molecular formula is C14H14BrClFN3O. The van der Waals surface area contributed by atoms with E-state index in [1.807, 2.05) is 0 Å². The summed E-state index contributed by atoms with van der Waals surface area (Å²) in [5.41, 5.74) is 0.942. The molecule has 0 spiro atoms. The van der Waals surface area contributed by atoms with Crippen LogP contribution in [0.2, 0.25) is 5.02 Å². The molecule has 0 unspecified atom stereocenters. The lowest BCUT2D eigenvalue weighted by molar-refractivity contribution is 0.434. The van der Waals surface area contributed by atoms with Crippen molar-refractivity contribution in [1.29, 1.82) is 0 Å². The van der Waals surface area contributed by atoms with Gasteiger partial charge in [0.25, 0.3) is 0 Å². The van der Waals surface area contributed by atoms with E-state index in [0.29, 0.717) is 17.1 Å². The first kappa shape index (κ1) is 16.1. The van der Waals surface area contributed by atoms with Gasteiger partial charge in [-0.25, -0.2) is 14.4 Å². The highest BCUT2D eigenvalue weighted by molar-refractivity contribution is 9.10. The number of hydrogen-bond donors (Lipinski definition) is 1. The fraction of sp³-hybridized carbons (Fsp3) is 0.286. The summed E-state index contributed by atoms with van der Waals surface area (Å²) in [5, 5.41) is 3.28. The second kappa shape index (κ2) is 7.15. The minimum atomic E-state index is -0.562. The van der Waals surface area contributed by atoms with Crippen molar-refractivity contribution in [3.8, 4) is 11.8 Å². The molecule has 0 aliphatic rings. The van der Waals surface area contributed by atoms with Gasteiger partial charge < -0.3 is 10.1 Å². The first-order valence-electron chi connectivity index (χ1n) is 6.32. The largest absolute Gasteiger partial charge is 0.423 e. The van der Waals surface area contributed by atoms with E-state index in [2.05, 4.69) is 45.1 Å². The van der Waals surface area contributed by atoms with Crippen molar-refractivity contribution in [2.75, 3.05) is 0 Å². The third-order valence-electron chi connectivity index (χ3n) is 2.57. The fourth-order valence-electron chi connectivity index (χ4n) is 1.49. The van der Waals surface area contributed by atoms with Crippen LogP contribution in [0.4, 0.5) is 4.39 Å². The fourth-order valence-corrected chi connectivity index (χ4v) is 2.21. The predicted molar refractivity (Wildman–Crippen MR) is 83.2 cm³/mol. The average molecular weight is 375 g/mol. The van der Waals surface area contributed by atoms with Crippen LogP contribution in [0.1, 0.15) is 19.4 Å². The number of aromatic nitrogens is 2. The zero-order chi connectivity index (χ0) is 15.4. The molecule has 2 rings (SSSR count). The van der Waals surface area contributed by atoms with E-state index >= 15 is 0 Å². The van der Waals surface area contributed by atoms with Crippen LogP contribution in [-0.2, 0) is 6.54 Å². The Hall–Kier alpha value is -1.24. The quantitative estimate of drug-likeness (QED) is 0.792. The Labute approximate surface area is 135 Å². The van der Waals surface area contributed by atoms with Gasteiger partial charge in [-0.3, -0.25) is 0 Å². The summed E-state index contributed by atoms with van der Waals surface area (Å²) in [6, 6.07) is 3.14. The van der Waals surface area contributed by atoms with Gasteiger partial charge in [-0.2, -0.15) is 0 Å². The molecule has 4 nitrogen and oxygen atoms in total. The van der Waals surface area contributed by atoms with Crippen LogP contribution in [0.25, 0.3) is 0 Å². The van der Waals surface area contributed by atoms with Crippen LogP contribution >= 0.6 is 27.5 Å². The number of ether oxygens (including phenoxy) is 1. The highest BCUT2D eigenvalue weighted by atomic mass is 79.9. The summed E-state index contributed by atoms with van der Waals surface area (Å²) in [7, 11) is 0. The molecule has 1 N–H and O–H groups in total. The van der Waals surface area contributed by atoms with Crippen molar-refractivity contribution in [2.45, 2.75) is 26.4 Å². The van der Waals surface area contributed by atoms with E-state index in [0.717, 1.165) is 5.56 Å². The third-order valence-corrected chi connectivity index (χ3v) is 3.48. The second-order valence-corrected chi connectivity index (χ2v) is 5.97. The van der Waals surface area contributed by atoms with Gasteiger partial charge in [0.15, 0.2) is 0 Å². The van der Waals surface area contributed by atoms with Gasteiger partial charge in [-0.1, -0.05) is 25.4 Å². The predicted octanol–water partition coefficient (Wildman–Crippen LogP) is 4.32. The van der Waals surface area contributed by atoms with Crippen LogP contribution in [-0.4, -0.2) is 16.0 Å². The number of nitrogens with one attached hydrogen (secondary N) is 1. The molecule has 1 aromatic carbocycles. The second-order valence-electron chi connectivity index (χ2n) is 4.71. The molecular weight excluding hydrogens is 361 g/mol. The minimum absolute atomic E-state index is 0.0188. The molecule has 0 fully saturated rings. The first-order valence-corrected chi connectivity index (χ1v) is 7.49. The van der Waals surface area contributed by atoms with Crippen LogP contribution in [0.3, 0.4) is 0 Å². The van der Waals surface area contributed by atoms with E-state index in [4.69, 9.17) is 16.3 Å². The molecule has 0 saturated heterocycles.